The Bertz CT molecular complexity index is 1150. The minimum absolute atomic E-state index is 0.0715. The lowest BCUT2D eigenvalue weighted by Gasteiger charge is -2.50. The number of carbonyl (C=O) groups excluding carboxylic acids is 3. The van der Waals surface area contributed by atoms with Crippen molar-refractivity contribution in [3.05, 3.63) is 63.2 Å². The molecule has 1 saturated heterocycles. The van der Waals surface area contributed by atoms with E-state index in [-0.39, 0.29) is 22.8 Å². The fourth-order valence-corrected chi connectivity index (χ4v) is 4.98. The number of carbonyl (C=O) groups is 3. The first-order valence-electron chi connectivity index (χ1n) is 10.2. The maximum Gasteiger partial charge on any atom is 0.335 e. The van der Waals surface area contributed by atoms with Gasteiger partial charge in [-0.1, -0.05) is 37.1 Å². The molecule has 2 heterocycles. The Kier molecular flexibility index (Phi) is 5.37. The summed E-state index contributed by atoms with van der Waals surface area (Å²) in [5, 5.41) is 13.8. The Balaban J connectivity index is 1.91. The SMILES string of the molecule is CCCC1N(C)c2ccc([N+](=O)[O-])cc2CC12C(=O)NC(=O)N(c1ccccc1Cl)C2=O. The average molecular weight is 457 g/mol. The lowest BCUT2D eigenvalue weighted by molar-refractivity contribution is -0.384. The van der Waals surface area contributed by atoms with Gasteiger partial charge < -0.3 is 4.90 Å². The molecule has 166 valence electrons. The van der Waals surface area contributed by atoms with Crippen LogP contribution in [0.25, 0.3) is 0 Å². The Hall–Kier alpha value is -3.46. The van der Waals surface area contributed by atoms with E-state index in [4.69, 9.17) is 11.6 Å². The van der Waals surface area contributed by atoms with Crippen molar-refractivity contribution >= 4 is 46.5 Å². The van der Waals surface area contributed by atoms with Crippen molar-refractivity contribution in [2.45, 2.75) is 32.2 Å². The van der Waals surface area contributed by atoms with Crippen LogP contribution in [0.3, 0.4) is 0 Å². The molecular weight excluding hydrogens is 436 g/mol. The number of barbiturate groups is 1. The number of nitrogens with one attached hydrogen (secondary N) is 1. The number of non-ortho nitro benzene ring substituents is 1. The molecule has 2 aliphatic heterocycles. The third-order valence-electron chi connectivity index (χ3n) is 6.23. The lowest BCUT2D eigenvalue weighted by atomic mass is 9.67. The van der Waals surface area contributed by atoms with Gasteiger partial charge in [0.1, 0.15) is 0 Å². The number of para-hydroxylation sites is 1. The van der Waals surface area contributed by atoms with E-state index in [9.17, 15) is 24.5 Å². The van der Waals surface area contributed by atoms with E-state index in [2.05, 4.69) is 5.32 Å². The number of imide groups is 2. The molecule has 2 unspecified atom stereocenters. The van der Waals surface area contributed by atoms with Gasteiger partial charge in [-0.3, -0.25) is 25.0 Å². The number of halogens is 1. The second kappa shape index (κ2) is 7.90. The highest BCUT2D eigenvalue weighted by molar-refractivity contribution is 6.37. The van der Waals surface area contributed by atoms with E-state index in [1.807, 2.05) is 11.8 Å². The predicted molar refractivity (Wildman–Crippen MR) is 119 cm³/mol. The van der Waals surface area contributed by atoms with Crippen LogP contribution in [0.4, 0.5) is 21.9 Å². The van der Waals surface area contributed by atoms with Gasteiger partial charge in [0.15, 0.2) is 5.41 Å². The summed E-state index contributed by atoms with van der Waals surface area (Å²) in [5.41, 5.74) is -0.414. The molecule has 2 aromatic rings. The van der Waals surface area contributed by atoms with E-state index in [0.29, 0.717) is 24.1 Å². The number of amides is 4. The molecule has 9 nitrogen and oxygen atoms in total. The lowest BCUT2D eigenvalue weighted by Crippen LogP contribution is -2.72. The number of rotatable bonds is 4. The number of nitro groups is 1. The highest BCUT2D eigenvalue weighted by Crippen LogP contribution is 2.47. The summed E-state index contributed by atoms with van der Waals surface area (Å²) in [4.78, 5) is 53.6. The molecule has 2 aromatic carbocycles. The summed E-state index contributed by atoms with van der Waals surface area (Å²) in [6.07, 6.45) is 1.11. The quantitative estimate of drug-likeness (QED) is 0.426. The van der Waals surface area contributed by atoms with Gasteiger partial charge in [0, 0.05) is 31.3 Å². The minimum atomic E-state index is -1.65. The summed E-state index contributed by atoms with van der Waals surface area (Å²) in [6.45, 7) is 1.94. The molecule has 0 radical (unpaired) electrons. The number of hydrogen-bond acceptors (Lipinski definition) is 6. The van der Waals surface area contributed by atoms with Crippen LogP contribution < -0.4 is 15.1 Å². The highest BCUT2D eigenvalue weighted by Gasteiger charge is 2.61. The fraction of sp³-hybridized carbons (Fsp3) is 0.318. The van der Waals surface area contributed by atoms with E-state index in [0.717, 1.165) is 4.90 Å². The first kappa shape index (κ1) is 21.8. The Labute approximate surface area is 189 Å². The van der Waals surface area contributed by atoms with Crippen molar-refractivity contribution in [2.75, 3.05) is 16.8 Å². The number of anilines is 2. The zero-order valence-electron chi connectivity index (χ0n) is 17.5. The zero-order chi connectivity index (χ0) is 23.2. The number of fused-ring (bicyclic) bond motifs is 1. The summed E-state index contributed by atoms with van der Waals surface area (Å²) in [6, 6.07) is 9.37. The van der Waals surface area contributed by atoms with Crippen molar-refractivity contribution in [2.24, 2.45) is 5.41 Å². The summed E-state index contributed by atoms with van der Waals surface area (Å²) in [5.74, 6) is -1.40. The molecule has 2 atom stereocenters. The van der Waals surface area contributed by atoms with Crippen LogP contribution in [0.1, 0.15) is 25.3 Å². The standard InChI is InChI=1S/C22H21ClN4O5/c1-3-6-18-22(12-13-11-14(27(31)32)9-10-16(13)25(18)2)19(28)24-21(30)26(20(22)29)17-8-5-4-7-15(17)23/h4-5,7-11,18H,3,6,12H2,1-2H3,(H,24,28,30). The van der Waals surface area contributed by atoms with Crippen molar-refractivity contribution < 1.29 is 19.3 Å². The minimum Gasteiger partial charge on any atom is -0.370 e. The maximum atomic E-state index is 14.0. The molecule has 1 N–H and O–H groups in total. The third kappa shape index (κ3) is 3.12. The molecule has 4 amide bonds. The molecular formula is C22H21ClN4O5. The molecule has 10 heteroatoms. The largest absolute Gasteiger partial charge is 0.370 e. The van der Waals surface area contributed by atoms with Gasteiger partial charge in [-0.25, -0.2) is 9.69 Å². The molecule has 32 heavy (non-hydrogen) atoms. The van der Waals surface area contributed by atoms with Crippen molar-refractivity contribution in [1.82, 2.24) is 5.32 Å². The molecule has 4 rings (SSSR count). The van der Waals surface area contributed by atoms with Crippen LogP contribution in [0, 0.1) is 15.5 Å². The molecule has 0 aliphatic carbocycles. The predicted octanol–water partition coefficient (Wildman–Crippen LogP) is 3.68. The van der Waals surface area contributed by atoms with E-state index in [1.165, 1.54) is 18.2 Å². The number of nitro benzene ring substituents is 1. The highest BCUT2D eigenvalue weighted by atomic mass is 35.5. The maximum absolute atomic E-state index is 14.0. The molecule has 1 spiro atoms. The zero-order valence-corrected chi connectivity index (χ0v) is 18.3. The van der Waals surface area contributed by atoms with Gasteiger partial charge in [-0.15, -0.1) is 0 Å². The van der Waals surface area contributed by atoms with Crippen LogP contribution in [0.2, 0.25) is 5.02 Å². The Morgan fingerprint density at radius 2 is 1.91 bits per heavy atom. The first-order chi connectivity index (χ1) is 15.2. The second-order valence-corrected chi connectivity index (χ2v) is 8.39. The normalized spacial score (nSPS) is 22.7. The van der Waals surface area contributed by atoms with Crippen LogP contribution in [-0.4, -0.2) is 35.9 Å². The summed E-state index contributed by atoms with van der Waals surface area (Å²) >= 11 is 6.27. The van der Waals surface area contributed by atoms with Crippen molar-refractivity contribution in [3.8, 4) is 0 Å². The molecule has 2 aliphatic rings. The van der Waals surface area contributed by atoms with Crippen LogP contribution >= 0.6 is 11.6 Å². The summed E-state index contributed by atoms with van der Waals surface area (Å²) in [7, 11) is 1.75. The van der Waals surface area contributed by atoms with E-state index in [1.54, 1.807) is 31.3 Å². The monoisotopic (exact) mass is 456 g/mol. The first-order valence-corrected chi connectivity index (χ1v) is 10.5. The molecule has 0 aromatic heterocycles. The number of urea groups is 1. The smallest absolute Gasteiger partial charge is 0.335 e. The topological polar surface area (TPSA) is 113 Å². The fourth-order valence-electron chi connectivity index (χ4n) is 4.76. The Morgan fingerprint density at radius 1 is 1.19 bits per heavy atom. The van der Waals surface area contributed by atoms with E-state index < -0.39 is 34.2 Å². The van der Waals surface area contributed by atoms with Gasteiger partial charge in [0.25, 0.3) is 11.6 Å². The van der Waals surface area contributed by atoms with Gasteiger partial charge in [-0.05, 0) is 30.2 Å². The van der Waals surface area contributed by atoms with Gasteiger partial charge in [0.2, 0.25) is 5.91 Å². The Morgan fingerprint density at radius 3 is 2.56 bits per heavy atom. The average Bonchev–Trinajstić information content (AvgIpc) is 2.75. The van der Waals surface area contributed by atoms with Crippen molar-refractivity contribution in [1.29, 1.82) is 0 Å². The molecule has 1 fully saturated rings. The van der Waals surface area contributed by atoms with Gasteiger partial charge in [0.05, 0.1) is 21.7 Å². The van der Waals surface area contributed by atoms with Gasteiger partial charge in [-0.2, -0.15) is 0 Å². The summed E-state index contributed by atoms with van der Waals surface area (Å²) < 4.78 is 0. The third-order valence-corrected chi connectivity index (χ3v) is 6.55. The van der Waals surface area contributed by atoms with Crippen molar-refractivity contribution in [3.63, 3.8) is 0 Å². The number of benzene rings is 2. The van der Waals surface area contributed by atoms with E-state index >= 15 is 0 Å². The van der Waals surface area contributed by atoms with Crippen LogP contribution in [-0.2, 0) is 16.0 Å². The molecule has 0 saturated carbocycles. The number of nitrogens with zero attached hydrogens (tertiary/aromatic N) is 3. The number of hydrogen-bond donors (Lipinski definition) is 1. The van der Waals surface area contributed by atoms with Crippen LogP contribution in [0.15, 0.2) is 42.5 Å². The van der Waals surface area contributed by atoms with Gasteiger partial charge >= 0.3 is 6.03 Å². The second-order valence-electron chi connectivity index (χ2n) is 7.98. The molecule has 0 bridgehead atoms. The van der Waals surface area contributed by atoms with Crippen LogP contribution in [0.5, 0.6) is 0 Å².